The monoisotopic (exact) mass is 229 g/mol. The van der Waals surface area contributed by atoms with Gasteiger partial charge in [0.15, 0.2) is 0 Å². The number of benzene rings is 1. The van der Waals surface area contributed by atoms with Crippen LogP contribution in [0.1, 0.15) is 12.5 Å². The van der Waals surface area contributed by atoms with Crippen LogP contribution in [0.2, 0.25) is 0 Å². The number of halogens is 1. The molecule has 1 rings (SSSR count). The Balaban J connectivity index is 2.96. The van der Waals surface area contributed by atoms with Crippen molar-refractivity contribution in [1.29, 1.82) is 0 Å². The molecule has 0 saturated carbocycles. The van der Waals surface area contributed by atoms with Crippen molar-refractivity contribution in [3.05, 3.63) is 34.3 Å². The van der Waals surface area contributed by atoms with E-state index in [1.54, 1.807) is 6.92 Å². The summed E-state index contributed by atoms with van der Waals surface area (Å²) in [4.78, 5) is 0. The lowest BCUT2D eigenvalue weighted by molar-refractivity contribution is 0.0668. The Kier molecular flexibility index (Phi) is 2.88. The zero-order valence-electron chi connectivity index (χ0n) is 6.92. The van der Waals surface area contributed by atoms with Gasteiger partial charge in [0.1, 0.15) is 0 Å². The molecule has 2 nitrogen and oxygen atoms in total. The zero-order chi connectivity index (χ0) is 9.19. The molecule has 0 heterocycles. The minimum atomic E-state index is -0.916. The molecule has 12 heavy (non-hydrogen) atoms. The maximum atomic E-state index is 9.75. The molecule has 0 radical (unpaired) electrons. The van der Waals surface area contributed by atoms with Gasteiger partial charge in [-0.15, -0.1) is 0 Å². The molecule has 0 fully saturated rings. The van der Waals surface area contributed by atoms with Crippen molar-refractivity contribution < 1.29 is 5.11 Å². The van der Waals surface area contributed by atoms with E-state index in [9.17, 15) is 5.11 Å². The van der Waals surface area contributed by atoms with Crippen LogP contribution in [0.5, 0.6) is 0 Å². The van der Waals surface area contributed by atoms with Gasteiger partial charge in [0, 0.05) is 11.0 Å². The first-order valence-corrected chi connectivity index (χ1v) is 4.54. The Bertz CT molecular complexity index is 256. The van der Waals surface area contributed by atoms with Gasteiger partial charge in [-0.05, 0) is 24.6 Å². The molecule has 0 spiro atoms. The third-order valence-corrected chi connectivity index (χ3v) is 2.39. The van der Waals surface area contributed by atoms with Crippen LogP contribution in [-0.2, 0) is 5.60 Å². The first kappa shape index (κ1) is 9.71. The second kappa shape index (κ2) is 3.56. The number of hydrogen-bond donors (Lipinski definition) is 2. The van der Waals surface area contributed by atoms with E-state index in [0.717, 1.165) is 10.0 Å². The number of aliphatic hydroxyl groups is 1. The van der Waals surface area contributed by atoms with Gasteiger partial charge in [0.2, 0.25) is 0 Å². The quantitative estimate of drug-likeness (QED) is 0.810. The van der Waals surface area contributed by atoms with E-state index in [1.807, 2.05) is 24.3 Å². The topological polar surface area (TPSA) is 46.2 Å². The Hall–Kier alpha value is -0.380. The third-order valence-electron chi connectivity index (χ3n) is 1.86. The highest BCUT2D eigenvalue weighted by Crippen LogP contribution is 2.20. The maximum Gasteiger partial charge on any atom is 0.0990 e. The van der Waals surface area contributed by atoms with E-state index in [1.165, 1.54) is 0 Å². The van der Waals surface area contributed by atoms with Crippen LogP contribution in [0, 0.1) is 0 Å². The largest absolute Gasteiger partial charge is 0.384 e. The SMILES string of the molecule is CC(O)(CN)c1ccc(Br)cc1. The molecule has 1 aromatic rings. The lowest BCUT2D eigenvalue weighted by Gasteiger charge is -2.21. The summed E-state index contributed by atoms with van der Waals surface area (Å²) in [5, 5.41) is 9.75. The van der Waals surface area contributed by atoms with Crippen molar-refractivity contribution in [2.75, 3.05) is 6.54 Å². The molecule has 0 aliphatic rings. The highest BCUT2D eigenvalue weighted by molar-refractivity contribution is 9.10. The molecule has 3 N–H and O–H groups in total. The fourth-order valence-corrected chi connectivity index (χ4v) is 1.19. The average Bonchev–Trinajstić information content (AvgIpc) is 2.05. The van der Waals surface area contributed by atoms with E-state index in [4.69, 9.17) is 5.73 Å². The van der Waals surface area contributed by atoms with E-state index >= 15 is 0 Å². The van der Waals surface area contributed by atoms with Crippen LogP contribution in [0.4, 0.5) is 0 Å². The summed E-state index contributed by atoms with van der Waals surface area (Å²) in [6, 6.07) is 7.49. The van der Waals surface area contributed by atoms with E-state index in [0.29, 0.717) is 0 Å². The van der Waals surface area contributed by atoms with Gasteiger partial charge >= 0.3 is 0 Å². The Morgan fingerprint density at radius 1 is 1.42 bits per heavy atom. The summed E-state index contributed by atoms with van der Waals surface area (Å²) >= 11 is 3.32. The summed E-state index contributed by atoms with van der Waals surface area (Å²) in [5.41, 5.74) is 5.34. The second-order valence-corrected chi connectivity index (χ2v) is 3.90. The van der Waals surface area contributed by atoms with Crippen LogP contribution in [0.3, 0.4) is 0 Å². The van der Waals surface area contributed by atoms with Crippen LogP contribution >= 0.6 is 15.9 Å². The smallest absolute Gasteiger partial charge is 0.0990 e. The molecule has 0 aliphatic carbocycles. The molecule has 1 aromatic carbocycles. The molecule has 1 unspecified atom stereocenters. The molecular formula is C9H12BrNO. The Morgan fingerprint density at radius 3 is 2.33 bits per heavy atom. The first-order valence-electron chi connectivity index (χ1n) is 3.75. The minimum absolute atomic E-state index is 0.231. The summed E-state index contributed by atoms with van der Waals surface area (Å²) in [5.74, 6) is 0. The molecule has 1 atom stereocenters. The summed E-state index contributed by atoms with van der Waals surface area (Å²) in [7, 11) is 0. The van der Waals surface area contributed by atoms with Crippen molar-refractivity contribution >= 4 is 15.9 Å². The highest BCUT2D eigenvalue weighted by atomic mass is 79.9. The van der Waals surface area contributed by atoms with Gasteiger partial charge < -0.3 is 10.8 Å². The lowest BCUT2D eigenvalue weighted by Crippen LogP contribution is -2.31. The van der Waals surface area contributed by atoms with Gasteiger partial charge in [-0.2, -0.15) is 0 Å². The standard InChI is InChI=1S/C9H12BrNO/c1-9(12,6-11)7-2-4-8(10)5-3-7/h2-5,12H,6,11H2,1H3. The lowest BCUT2D eigenvalue weighted by atomic mass is 9.97. The molecule has 0 aliphatic heterocycles. The second-order valence-electron chi connectivity index (χ2n) is 2.98. The molecular weight excluding hydrogens is 218 g/mol. The van der Waals surface area contributed by atoms with Crippen LogP contribution in [0.15, 0.2) is 28.7 Å². The van der Waals surface area contributed by atoms with Crippen molar-refractivity contribution in [1.82, 2.24) is 0 Å². The summed E-state index contributed by atoms with van der Waals surface area (Å²) in [6.45, 7) is 1.94. The molecule has 66 valence electrons. The maximum absolute atomic E-state index is 9.75. The summed E-state index contributed by atoms with van der Waals surface area (Å²) in [6.07, 6.45) is 0. The van der Waals surface area contributed by atoms with Gasteiger partial charge in [-0.1, -0.05) is 28.1 Å². The molecule has 0 bridgehead atoms. The Labute approximate surface area is 80.5 Å². The summed E-state index contributed by atoms with van der Waals surface area (Å²) < 4.78 is 0.999. The van der Waals surface area contributed by atoms with Crippen molar-refractivity contribution in [3.8, 4) is 0 Å². The van der Waals surface area contributed by atoms with Crippen LogP contribution in [0.25, 0.3) is 0 Å². The predicted octanol–water partition coefficient (Wildman–Crippen LogP) is 1.62. The van der Waals surface area contributed by atoms with Crippen LogP contribution in [-0.4, -0.2) is 11.7 Å². The van der Waals surface area contributed by atoms with Gasteiger partial charge in [-0.25, -0.2) is 0 Å². The molecule has 0 amide bonds. The number of nitrogens with two attached hydrogens (primary N) is 1. The predicted molar refractivity (Wildman–Crippen MR) is 52.8 cm³/mol. The zero-order valence-corrected chi connectivity index (χ0v) is 8.51. The van der Waals surface area contributed by atoms with Crippen molar-refractivity contribution in [2.24, 2.45) is 5.73 Å². The highest BCUT2D eigenvalue weighted by Gasteiger charge is 2.19. The van der Waals surface area contributed by atoms with Crippen molar-refractivity contribution in [3.63, 3.8) is 0 Å². The number of rotatable bonds is 2. The molecule has 0 aromatic heterocycles. The Morgan fingerprint density at radius 2 is 1.92 bits per heavy atom. The fourth-order valence-electron chi connectivity index (χ4n) is 0.927. The van der Waals surface area contributed by atoms with E-state index in [2.05, 4.69) is 15.9 Å². The van der Waals surface area contributed by atoms with Gasteiger partial charge in [0.05, 0.1) is 5.60 Å². The third kappa shape index (κ3) is 2.06. The fraction of sp³-hybridized carbons (Fsp3) is 0.333. The minimum Gasteiger partial charge on any atom is -0.384 e. The van der Waals surface area contributed by atoms with E-state index < -0.39 is 5.60 Å². The van der Waals surface area contributed by atoms with Gasteiger partial charge in [0.25, 0.3) is 0 Å². The van der Waals surface area contributed by atoms with Gasteiger partial charge in [-0.3, -0.25) is 0 Å². The van der Waals surface area contributed by atoms with Crippen molar-refractivity contribution in [2.45, 2.75) is 12.5 Å². The molecule has 0 saturated heterocycles. The van der Waals surface area contributed by atoms with E-state index in [-0.39, 0.29) is 6.54 Å². The van der Waals surface area contributed by atoms with Crippen LogP contribution < -0.4 is 5.73 Å². The molecule has 3 heteroatoms. The number of hydrogen-bond acceptors (Lipinski definition) is 2. The first-order chi connectivity index (χ1) is 5.56. The normalized spacial score (nSPS) is 15.7. The average molecular weight is 230 g/mol.